The Hall–Kier alpha value is -1.42. The normalized spacial score (nSPS) is 16.2. The maximum Gasteiger partial charge on any atom is 0.150 e. The molecular formula is C10H13N3S. The number of anilines is 2. The van der Waals surface area contributed by atoms with Crippen molar-refractivity contribution in [2.45, 2.75) is 5.03 Å². The Morgan fingerprint density at radius 2 is 2.00 bits per heavy atom. The van der Waals surface area contributed by atoms with Crippen molar-refractivity contribution in [3.8, 4) is 0 Å². The number of thiol groups is 1. The molecule has 3 nitrogen and oxygen atoms in total. The van der Waals surface area contributed by atoms with Crippen LogP contribution in [0, 0.1) is 0 Å². The van der Waals surface area contributed by atoms with Crippen molar-refractivity contribution in [3.05, 3.63) is 35.1 Å². The SMILES string of the molecule is CNc1nc([SH]2C=CC=C2)ccc1N. The predicted octanol–water partition coefficient (Wildman–Crippen LogP) is 2.11. The molecule has 2 heterocycles. The summed E-state index contributed by atoms with van der Waals surface area (Å²) in [6.07, 6.45) is 4.12. The molecule has 14 heavy (non-hydrogen) atoms. The molecule has 3 N–H and O–H groups in total. The summed E-state index contributed by atoms with van der Waals surface area (Å²) in [5.41, 5.74) is 6.44. The summed E-state index contributed by atoms with van der Waals surface area (Å²) < 4.78 is 0. The zero-order valence-electron chi connectivity index (χ0n) is 7.94. The highest BCUT2D eigenvalue weighted by Crippen LogP contribution is 2.41. The molecule has 1 aromatic rings. The first-order chi connectivity index (χ1) is 6.81. The van der Waals surface area contributed by atoms with Crippen LogP contribution in [0.25, 0.3) is 0 Å². The van der Waals surface area contributed by atoms with Crippen LogP contribution in [0.1, 0.15) is 0 Å². The van der Waals surface area contributed by atoms with Gasteiger partial charge in [-0.05, 0) is 22.9 Å². The Bertz CT molecular complexity index is 386. The number of pyridine rings is 1. The summed E-state index contributed by atoms with van der Waals surface area (Å²) in [6.45, 7) is 0. The maximum atomic E-state index is 5.74. The predicted molar refractivity (Wildman–Crippen MR) is 63.7 cm³/mol. The highest BCUT2D eigenvalue weighted by Gasteiger charge is 2.06. The fraction of sp³-hybridized carbons (Fsp3) is 0.100. The number of nitrogens with one attached hydrogen (secondary N) is 1. The number of hydrogen-bond acceptors (Lipinski definition) is 3. The van der Waals surface area contributed by atoms with E-state index in [1.54, 1.807) is 0 Å². The lowest BCUT2D eigenvalue weighted by Crippen LogP contribution is -1.99. The fourth-order valence-corrected chi connectivity index (χ4v) is 2.73. The van der Waals surface area contributed by atoms with Gasteiger partial charge >= 0.3 is 0 Å². The summed E-state index contributed by atoms with van der Waals surface area (Å²) >= 11 is 0. The Morgan fingerprint density at radius 3 is 2.64 bits per heavy atom. The van der Waals surface area contributed by atoms with Crippen molar-refractivity contribution in [2.24, 2.45) is 0 Å². The molecule has 4 heteroatoms. The van der Waals surface area contributed by atoms with Crippen LogP contribution in [0.2, 0.25) is 0 Å². The van der Waals surface area contributed by atoms with Gasteiger partial charge in [0.25, 0.3) is 0 Å². The molecule has 74 valence electrons. The van der Waals surface area contributed by atoms with Crippen molar-refractivity contribution < 1.29 is 0 Å². The largest absolute Gasteiger partial charge is 0.396 e. The Balaban J connectivity index is 2.35. The lowest BCUT2D eigenvalue weighted by Gasteiger charge is -2.11. The van der Waals surface area contributed by atoms with Crippen LogP contribution in [0.5, 0.6) is 0 Å². The number of hydrogen-bond donors (Lipinski definition) is 3. The van der Waals surface area contributed by atoms with Crippen molar-refractivity contribution in [2.75, 3.05) is 18.1 Å². The minimum atomic E-state index is -0.342. The van der Waals surface area contributed by atoms with Crippen molar-refractivity contribution in [1.29, 1.82) is 0 Å². The summed E-state index contributed by atoms with van der Waals surface area (Å²) in [6, 6.07) is 3.89. The molecule has 0 bridgehead atoms. The molecule has 0 fully saturated rings. The minimum Gasteiger partial charge on any atom is -0.396 e. The van der Waals surface area contributed by atoms with E-state index in [9.17, 15) is 0 Å². The molecule has 2 rings (SSSR count). The van der Waals surface area contributed by atoms with Gasteiger partial charge in [-0.15, -0.1) is 0 Å². The highest BCUT2D eigenvalue weighted by molar-refractivity contribution is 8.22. The van der Waals surface area contributed by atoms with Gasteiger partial charge in [0.05, 0.1) is 10.7 Å². The van der Waals surface area contributed by atoms with Crippen molar-refractivity contribution >= 4 is 22.4 Å². The lowest BCUT2D eigenvalue weighted by molar-refractivity contribution is 1.13. The number of nitrogens with zero attached hydrogens (tertiary/aromatic N) is 1. The molecule has 1 aromatic heterocycles. The van der Waals surface area contributed by atoms with Gasteiger partial charge in [0.1, 0.15) is 5.82 Å². The molecule has 0 saturated heterocycles. The van der Waals surface area contributed by atoms with E-state index in [1.165, 1.54) is 0 Å². The number of allylic oxidation sites excluding steroid dienone is 2. The number of nitrogen functional groups attached to an aromatic ring is 1. The van der Waals surface area contributed by atoms with Gasteiger partial charge in [-0.2, -0.15) is 10.9 Å². The molecule has 0 aromatic carbocycles. The first-order valence-electron chi connectivity index (χ1n) is 4.39. The molecule has 1 aliphatic heterocycles. The Labute approximate surface area is 86.1 Å². The van der Waals surface area contributed by atoms with E-state index in [2.05, 4.69) is 33.3 Å². The average molecular weight is 207 g/mol. The number of aromatic nitrogens is 1. The molecule has 1 aliphatic rings. The molecule has 0 amide bonds. The third-order valence-corrected chi connectivity index (χ3v) is 3.78. The van der Waals surface area contributed by atoms with E-state index in [1.807, 2.05) is 19.2 Å². The minimum absolute atomic E-state index is 0.342. The average Bonchev–Trinajstić information content (AvgIpc) is 2.71. The standard InChI is InChI=1S/C10H13N3S/c1-12-10-8(11)4-5-9(13-10)14-6-2-3-7-14/h2-7,14H,11H2,1H3,(H,12,13). The highest BCUT2D eigenvalue weighted by atomic mass is 32.2. The summed E-state index contributed by atoms with van der Waals surface area (Å²) in [5.74, 6) is 0.763. The monoisotopic (exact) mass is 207 g/mol. The second-order valence-electron chi connectivity index (χ2n) is 2.95. The van der Waals surface area contributed by atoms with Gasteiger partial charge in [0.2, 0.25) is 0 Å². The number of rotatable bonds is 2. The van der Waals surface area contributed by atoms with Gasteiger partial charge in [-0.25, -0.2) is 4.98 Å². The second kappa shape index (κ2) is 3.75. The van der Waals surface area contributed by atoms with E-state index < -0.39 is 0 Å². The van der Waals surface area contributed by atoms with Gasteiger partial charge in [0, 0.05) is 7.05 Å². The number of nitrogens with two attached hydrogens (primary N) is 1. The van der Waals surface area contributed by atoms with Gasteiger partial charge in [-0.3, -0.25) is 0 Å². The molecular weight excluding hydrogens is 194 g/mol. The topological polar surface area (TPSA) is 50.9 Å². The van der Waals surface area contributed by atoms with E-state index in [4.69, 9.17) is 5.73 Å². The van der Waals surface area contributed by atoms with Crippen LogP contribution in [-0.4, -0.2) is 12.0 Å². The third-order valence-electron chi connectivity index (χ3n) is 2.02. The maximum absolute atomic E-state index is 5.74. The first kappa shape index (κ1) is 9.15. The lowest BCUT2D eigenvalue weighted by atomic mass is 10.4. The second-order valence-corrected chi connectivity index (χ2v) is 4.82. The van der Waals surface area contributed by atoms with Crippen molar-refractivity contribution in [1.82, 2.24) is 4.98 Å². The van der Waals surface area contributed by atoms with Crippen LogP contribution >= 0.6 is 10.9 Å². The smallest absolute Gasteiger partial charge is 0.150 e. The summed E-state index contributed by atoms with van der Waals surface area (Å²) in [4.78, 5) is 4.46. The van der Waals surface area contributed by atoms with E-state index in [-0.39, 0.29) is 10.9 Å². The van der Waals surface area contributed by atoms with Crippen LogP contribution in [0.15, 0.2) is 40.1 Å². The van der Waals surface area contributed by atoms with Gasteiger partial charge in [-0.1, -0.05) is 12.2 Å². The molecule has 0 saturated carbocycles. The Kier molecular flexibility index (Phi) is 2.45. The van der Waals surface area contributed by atoms with Crippen molar-refractivity contribution in [3.63, 3.8) is 0 Å². The summed E-state index contributed by atoms with van der Waals surface area (Å²) in [5, 5.41) is 8.42. The van der Waals surface area contributed by atoms with Crippen LogP contribution in [0.3, 0.4) is 0 Å². The molecule has 0 aliphatic carbocycles. The van der Waals surface area contributed by atoms with Gasteiger partial charge in [0.15, 0.2) is 0 Å². The summed E-state index contributed by atoms with van der Waals surface area (Å²) in [7, 11) is 1.49. The zero-order valence-corrected chi connectivity index (χ0v) is 8.83. The van der Waals surface area contributed by atoms with Crippen LogP contribution in [-0.2, 0) is 0 Å². The van der Waals surface area contributed by atoms with Gasteiger partial charge < -0.3 is 11.1 Å². The molecule has 0 radical (unpaired) electrons. The first-order valence-corrected chi connectivity index (χ1v) is 5.87. The molecule has 0 unspecified atom stereocenters. The van der Waals surface area contributed by atoms with Crippen LogP contribution < -0.4 is 11.1 Å². The zero-order chi connectivity index (χ0) is 9.97. The fourth-order valence-electron chi connectivity index (χ4n) is 1.29. The quantitative estimate of drug-likeness (QED) is 0.651. The molecule has 0 atom stereocenters. The van der Waals surface area contributed by atoms with Crippen LogP contribution in [0.4, 0.5) is 11.5 Å². The van der Waals surface area contributed by atoms with E-state index in [0.29, 0.717) is 5.69 Å². The van der Waals surface area contributed by atoms with E-state index >= 15 is 0 Å². The third kappa shape index (κ3) is 1.61. The Morgan fingerprint density at radius 1 is 1.29 bits per heavy atom. The van der Waals surface area contributed by atoms with E-state index in [0.717, 1.165) is 10.8 Å². The molecule has 0 spiro atoms.